The minimum atomic E-state index is -1.53. The molecule has 3 aromatic rings. The highest BCUT2D eigenvalue weighted by molar-refractivity contribution is 6.08. The van der Waals surface area contributed by atoms with Gasteiger partial charge in [-0.2, -0.15) is 0 Å². The van der Waals surface area contributed by atoms with Gasteiger partial charge in [0.15, 0.2) is 29.2 Å². The standard InChI is InChI=1S/C83H109N9O23/c1-55(2)76(88-74(94)23-28-105-30-32-107-34-36-109-38-40-111-42-43-112-41-39-110-37-35-108-33-31-106-29-24-84-73(93)22-25-89-75(95)48-63(79(89)98)60-16-12-9-8-10-13-17-60)78(97)86-58(5)77(96)87-61-20-18-59(19-21-61)54-115-83(102)92-67-50-72(70(104-7)47-65(67)81(100)91-53-57(4)45-68(91)82(92)101)114-27-15-11-14-26-113-71-49-66-64(46-69(71)103-6)80(99)90-52-56(3)44-62(90)51-85-66/h8-10,12-13,16-21,46-47,49-53,55,58,62-63,68,76,82,101H,11,14-15,22-45,48,54H2,1-7H3,(H,84,93)(H,86,97)(H,87,96)(H,88,94)/b9-8-,10-8?,12-9?,13-10-,16-12-,17-13?,60-16?,60-17+/t58-,62-,63?,68-,76-,82-/m0/s1. The number of unbranched alkanes of at least 4 members (excludes halogenated alkanes) is 2. The van der Waals surface area contributed by atoms with Crippen molar-refractivity contribution in [3.05, 3.63) is 137 Å². The third kappa shape index (κ3) is 26.7. The van der Waals surface area contributed by atoms with Gasteiger partial charge in [0.05, 0.1) is 174 Å². The average molecular weight is 1600 g/mol. The van der Waals surface area contributed by atoms with E-state index in [1.807, 2.05) is 62.6 Å². The molecule has 0 radical (unpaired) electrons. The average Bonchev–Trinajstić information content (AvgIpc) is 1.61. The number of imide groups is 1. The lowest BCUT2D eigenvalue weighted by Gasteiger charge is -2.31. The van der Waals surface area contributed by atoms with Gasteiger partial charge in [0.2, 0.25) is 35.4 Å². The number of rotatable bonds is 49. The zero-order valence-corrected chi connectivity index (χ0v) is 66.6. The lowest BCUT2D eigenvalue weighted by atomic mass is 9.95. The van der Waals surface area contributed by atoms with Crippen LogP contribution in [0, 0.1) is 11.8 Å². The molecule has 6 atom stereocenters. The van der Waals surface area contributed by atoms with Crippen molar-refractivity contribution >= 4 is 76.6 Å². The van der Waals surface area contributed by atoms with E-state index < -0.39 is 60.0 Å². The molecule has 115 heavy (non-hydrogen) atoms. The summed E-state index contributed by atoms with van der Waals surface area (Å²) in [6.07, 6.45) is 18.7. The highest BCUT2D eigenvalue weighted by atomic mass is 16.6. The lowest BCUT2D eigenvalue weighted by molar-refractivity contribution is -0.139. The molecule has 0 bridgehead atoms. The second-order valence-electron chi connectivity index (χ2n) is 28.2. The Morgan fingerprint density at radius 2 is 1.13 bits per heavy atom. The van der Waals surface area contributed by atoms with Crippen molar-refractivity contribution in [2.24, 2.45) is 16.8 Å². The smallest absolute Gasteiger partial charge is 0.416 e. The number of nitrogens with zero attached hydrogens (tertiary/aromatic N) is 5. The first kappa shape index (κ1) is 88.8. The van der Waals surface area contributed by atoms with Gasteiger partial charge in [-0.1, -0.05) is 79.7 Å². The second-order valence-corrected chi connectivity index (χ2v) is 28.2. The predicted octanol–water partition coefficient (Wildman–Crippen LogP) is 7.36. The number of hydrogen-bond donors (Lipinski definition) is 5. The molecule has 5 heterocycles. The van der Waals surface area contributed by atoms with Crippen molar-refractivity contribution in [1.29, 1.82) is 0 Å². The van der Waals surface area contributed by atoms with Crippen molar-refractivity contribution in [2.45, 2.75) is 123 Å². The number of methoxy groups -OCH3 is 2. The van der Waals surface area contributed by atoms with Crippen LogP contribution in [0.25, 0.3) is 0 Å². The van der Waals surface area contributed by atoms with Crippen LogP contribution >= 0.6 is 0 Å². The molecule has 3 aromatic carbocycles. The Labute approximate surface area is 670 Å². The second kappa shape index (κ2) is 46.4. The molecule has 1 aliphatic carbocycles. The molecule has 9 amide bonds. The van der Waals surface area contributed by atoms with Crippen LogP contribution in [0.5, 0.6) is 23.0 Å². The summed E-state index contributed by atoms with van der Waals surface area (Å²) in [5.41, 5.74) is 4.67. The number of carbonyl (C=O) groups is 9. The normalized spacial score (nSPS) is 19.3. The maximum atomic E-state index is 14.3. The Hall–Kier alpha value is -10.2. The Morgan fingerprint density at radius 1 is 0.574 bits per heavy atom. The molecule has 0 spiro atoms. The number of allylic oxidation sites excluding steroid dienone is 7. The maximum absolute atomic E-state index is 14.3. The van der Waals surface area contributed by atoms with Crippen molar-refractivity contribution in [2.75, 3.05) is 156 Å². The van der Waals surface area contributed by atoms with Crippen LogP contribution < -0.4 is 45.1 Å². The van der Waals surface area contributed by atoms with Gasteiger partial charge in [0.1, 0.15) is 18.7 Å². The van der Waals surface area contributed by atoms with E-state index in [2.05, 4.69) is 26.3 Å². The first-order chi connectivity index (χ1) is 55.7. The van der Waals surface area contributed by atoms with Gasteiger partial charge < -0.3 is 97.8 Å². The fourth-order valence-electron chi connectivity index (χ4n) is 13.1. The highest BCUT2D eigenvalue weighted by Crippen LogP contribution is 2.43. The van der Waals surface area contributed by atoms with Crippen LogP contribution in [0.15, 0.2) is 125 Å². The molecule has 5 aliphatic heterocycles. The number of carbonyl (C=O) groups excluding carboxylic acids is 9. The van der Waals surface area contributed by atoms with Gasteiger partial charge in [0.25, 0.3) is 11.8 Å². The van der Waals surface area contributed by atoms with Crippen LogP contribution in [0.4, 0.5) is 21.9 Å². The summed E-state index contributed by atoms with van der Waals surface area (Å²) in [6, 6.07) is 9.93. The van der Waals surface area contributed by atoms with Crippen LogP contribution in [0.1, 0.15) is 112 Å². The number of nitrogens with one attached hydrogen (secondary N) is 4. The van der Waals surface area contributed by atoms with E-state index in [4.69, 9.17) is 61.6 Å². The molecule has 1 saturated heterocycles. The Morgan fingerprint density at radius 3 is 1.75 bits per heavy atom. The van der Waals surface area contributed by atoms with E-state index in [-0.39, 0.29) is 130 Å². The minimum Gasteiger partial charge on any atom is -0.493 e. The fourth-order valence-corrected chi connectivity index (χ4v) is 13.1. The number of aliphatic imine (C=N–C) groups is 1. The molecule has 32 heteroatoms. The SMILES string of the molecule is COc1cc2c(cc1OCCCCCOc1cc3c(cc1OC)C(=O)N1C=C(C)C[C@H]1[C@H](O)N3C(=O)OCc1ccc(NC(=O)[C@H](C)NC(=O)[C@@H](NC(=O)CCOCCOCCOCCOCCOCCOCCOCCOCCNC(=O)CCN3C(=O)CC(C4=C/C=C\C=C/C=C\4)C3=O)C(C)C)cc1)N=C[C@@H]1CC(C)=CN1C2=O. The number of aliphatic hydroxyl groups excluding tert-OH is 1. The van der Waals surface area contributed by atoms with Gasteiger partial charge in [0, 0.05) is 68.8 Å². The van der Waals surface area contributed by atoms with Crippen molar-refractivity contribution < 1.29 is 110 Å². The number of ether oxygens (including phenoxy) is 13. The largest absolute Gasteiger partial charge is 0.493 e. The molecule has 1 unspecified atom stereocenters. The summed E-state index contributed by atoms with van der Waals surface area (Å²) in [6.45, 7) is 14.9. The first-order valence-electron chi connectivity index (χ1n) is 39.0. The quantitative estimate of drug-likeness (QED) is 0.0272. The van der Waals surface area contributed by atoms with E-state index in [0.717, 1.165) is 28.0 Å². The van der Waals surface area contributed by atoms with E-state index in [9.17, 15) is 48.3 Å². The first-order valence-corrected chi connectivity index (χ1v) is 39.0. The summed E-state index contributed by atoms with van der Waals surface area (Å²) in [5.74, 6) is -2.46. The summed E-state index contributed by atoms with van der Waals surface area (Å²) in [5, 5.41) is 22.9. The van der Waals surface area contributed by atoms with Gasteiger partial charge in [-0.15, -0.1) is 0 Å². The van der Waals surface area contributed by atoms with Gasteiger partial charge in [-0.05, 0) is 94.2 Å². The Kier molecular flexibility index (Phi) is 35.8. The molecule has 0 aromatic heterocycles. The number of benzene rings is 3. The van der Waals surface area contributed by atoms with Crippen LogP contribution in [0.3, 0.4) is 0 Å². The zero-order valence-electron chi connectivity index (χ0n) is 66.6. The van der Waals surface area contributed by atoms with E-state index >= 15 is 0 Å². The van der Waals surface area contributed by atoms with Gasteiger partial charge in [-0.3, -0.25) is 48.2 Å². The topological polar surface area (TPSA) is 367 Å². The van der Waals surface area contributed by atoms with Crippen LogP contribution in [-0.4, -0.2) is 256 Å². The van der Waals surface area contributed by atoms with Crippen molar-refractivity contribution in [3.8, 4) is 23.0 Å². The predicted molar refractivity (Wildman–Crippen MR) is 423 cm³/mol. The molecule has 32 nitrogen and oxygen atoms in total. The molecule has 0 saturated carbocycles. The third-order valence-corrected chi connectivity index (χ3v) is 19.2. The highest BCUT2D eigenvalue weighted by Gasteiger charge is 2.46. The summed E-state index contributed by atoms with van der Waals surface area (Å²) < 4.78 is 73.9. The summed E-state index contributed by atoms with van der Waals surface area (Å²) >= 11 is 0. The Bertz CT molecular complexity index is 4040. The third-order valence-electron chi connectivity index (χ3n) is 19.2. The molecule has 1 fully saturated rings. The van der Waals surface area contributed by atoms with Crippen LogP contribution in [0.2, 0.25) is 0 Å². The number of fused-ring (bicyclic) bond motifs is 4. The number of aliphatic hydroxyl groups is 1. The number of hydrogen-bond acceptors (Lipinski definition) is 24. The molecule has 624 valence electrons. The maximum Gasteiger partial charge on any atom is 0.416 e. The number of amides is 9. The molecular weight excluding hydrogens is 1490 g/mol. The van der Waals surface area contributed by atoms with E-state index in [0.29, 0.717) is 146 Å². The fraction of sp³-hybridized carbons (Fsp3) is 0.518. The summed E-state index contributed by atoms with van der Waals surface area (Å²) in [4.78, 5) is 130. The van der Waals surface area contributed by atoms with Crippen molar-refractivity contribution in [1.82, 2.24) is 30.7 Å². The molecule has 6 aliphatic rings. The summed E-state index contributed by atoms with van der Waals surface area (Å²) in [7, 11) is 2.96. The molecule has 5 N–H and O–H groups in total. The van der Waals surface area contributed by atoms with Crippen LogP contribution in [-0.2, 0) is 78.0 Å². The van der Waals surface area contributed by atoms with Gasteiger partial charge in [-0.25, -0.2) is 9.69 Å². The van der Waals surface area contributed by atoms with E-state index in [1.54, 1.807) is 67.6 Å². The Balaban J connectivity index is 0.571. The zero-order chi connectivity index (χ0) is 82.0. The number of anilines is 2. The lowest BCUT2D eigenvalue weighted by Crippen LogP contribution is -2.53. The number of likely N-dealkylation sites (tertiary alicyclic amines) is 1. The van der Waals surface area contributed by atoms with E-state index in [1.165, 1.54) is 43.1 Å². The van der Waals surface area contributed by atoms with Crippen molar-refractivity contribution in [3.63, 3.8) is 0 Å². The van der Waals surface area contributed by atoms with Gasteiger partial charge >= 0.3 is 6.09 Å². The minimum absolute atomic E-state index is 0.0125. The molecule has 9 rings (SSSR count). The monoisotopic (exact) mass is 1600 g/mol. The molecular formula is C83H109N9O23.